The van der Waals surface area contributed by atoms with Gasteiger partial charge in [-0.3, -0.25) is 0 Å². The molecule has 2 aliphatic rings. The van der Waals surface area contributed by atoms with Gasteiger partial charge in [0.25, 0.3) is 0 Å². The third-order valence-corrected chi connectivity index (χ3v) is 6.22. The lowest BCUT2D eigenvalue weighted by Crippen LogP contribution is -2.51. The van der Waals surface area contributed by atoms with Crippen molar-refractivity contribution in [3.8, 4) is 5.75 Å². The van der Waals surface area contributed by atoms with Crippen molar-refractivity contribution in [1.82, 2.24) is 5.32 Å². The van der Waals surface area contributed by atoms with Crippen molar-refractivity contribution in [2.45, 2.75) is 56.8 Å². The Labute approximate surface area is 168 Å². The van der Waals surface area contributed by atoms with Crippen LogP contribution < -0.4 is 15.0 Å². The van der Waals surface area contributed by atoms with Crippen molar-refractivity contribution in [1.29, 1.82) is 0 Å². The molecule has 0 aromatic heterocycles. The van der Waals surface area contributed by atoms with Crippen molar-refractivity contribution in [2.24, 2.45) is 0 Å². The second-order valence-electron chi connectivity index (χ2n) is 8.34. The molecule has 2 aromatic carbocycles. The van der Waals surface area contributed by atoms with E-state index in [4.69, 9.17) is 4.74 Å². The molecule has 0 unspecified atom stereocenters. The van der Waals surface area contributed by atoms with Crippen LogP contribution in [0, 0.1) is 0 Å². The van der Waals surface area contributed by atoms with Crippen LogP contribution in [0.4, 0.5) is 5.69 Å². The van der Waals surface area contributed by atoms with Gasteiger partial charge in [-0.05, 0) is 55.5 Å². The maximum atomic E-state index is 10.9. The first-order valence-electron chi connectivity index (χ1n) is 10.7. The summed E-state index contributed by atoms with van der Waals surface area (Å²) in [7, 11) is 0. The van der Waals surface area contributed by atoms with Crippen molar-refractivity contribution < 1.29 is 9.84 Å². The van der Waals surface area contributed by atoms with E-state index < -0.39 is 5.60 Å². The van der Waals surface area contributed by atoms with Gasteiger partial charge >= 0.3 is 0 Å². The van der Waals surface area contributed by atoms with Crippen LogP contribution in [0.5, 0.6) is 5.75 Å². The third-order valence-electron chi connectivity index (χ3n) is 6.22. The molecule has 0 atom stereocenters. The van der Waals surface area contributed by atoms with Crippen LogP contribution >= 0.6 is 0 Å². The molecule has 1 saturated carbocycles. The zero-order chi connectivity index (χ0) is 19.2. The van der Waals surface area contributed by atoms with Gasteiger partial charge in [-0.15, -0.1) is 0 Å². The Morgan fingerprint density at radius 2 is 1.64 bits per heavy atom. The summed E-state index contributed by atoms with van der Waals surface area (Å²) in [6.45, 7) is 3.11. The molecule has 0 spiro atoms. The predicted octanol–water partition coefficient (Wildman–Crippen LogP) is 4.13. The molecule has 1 heterocycles. The standard InChI is InChI=1S/C24H32N2O2/c27-24(19-25-21-8-4-5-9-21)14-16-26(17-15-24)22-10-12-23(13-11-22)28-18-20-6-2-1-3-7-20/h1-3,6-7,10-13,21,25,27H,4-5,8-9,14-19H2. The number of hydrogen-bond acceptors (Lipinski definition) is 4. The summed E-state index contributed by atoms with van der Waals surface area (Å²) in [6, 6.07) is 19.2. The van der Waals surface area contributed by atoms with E-state index in [2.05, 4.69) is 34.5 Å². The second kappa shape index (κ2) is 8.97. The van der Waals surface area contributed by atoms with Gasteiger partial charge < -0.3 is 20.1 Å². The van der Waals surface area contributed by atoms with Crippen molar-refractivity contribution in [3.63, 3.8) is 0 Å². The van der Waals surface area contributed by atoms with Crippen LogP contribution in [-0.2, 0) is 6.61 Å². The van der Waals surface area contributed by atoms with Gasteiger partial charge in [0.05, 0.1) is 5.60 Å². The lowest BCUT2D eigenvalue weighted by atomic mass is 9.90. The van der Waals surface area contributed by atoms with E-state index in [1.807, 2.05) is 30.3 Å². The van der Waals surface area contributed by atoms with Gasteiger partial charge in [0.1, 0.15) is 12.4 Å². The van der Waals surface area contributed by atoms with E-state index in [0.717, 1.165) is 38.2 Å². The normalized spacial score (nSPS) is 19.7. The zero-order valence-electron chi connectivity index (χ0n) is 16.6. The van der Waals surface area contributed by atoms with E-state index in [0.29, 0.717) is 12.6 Å². The molecule has 4 nitrogen and oxygen atoms in total. The summed E-state index contributed by atoms with van der Waals surface area (Å²) < 4.78 is 5.88. The van der Waals surface area contributed by atoms with E-state index in [-0.39, 0.29) is 0 Å². The fourth-order valence-electron chi connectivity index (χ4n) is 4.32. The largest absolute Gasteiger partial charge is 0.489 e. The lowest BCUT2D eigenvalue weighted by Gasteiger charge is -2.40. The number of hydrogen-bond donors (Lipinski definition) is 2. The summed E-state index contributed by atoms with van der Waals surface area (Å²) in [6.07, 6.45) is 6.82. The molecular formula is C24H32N2O2. The summed E-state index contributed by atoms with van der Waals surface area (Å²) in [5, 5.41) is 14.5. The Morgan fingerprint density at radius 3 is 2.32 bits per heavy atom. The minimum Gasteiger partial charge on any atom is -0.489 e. The second-order valence-corrected chi connectivity index (χ2v) is 8.34. The summed E-state index contributed by atoms with van der Waals surface area (Å²) in [5.74, 6) is 0.891. The van der Waals surface area contributed by atoms with Gasteiger partial charge in [0.2, 0.25) is 0 Å². The van der Waals surface area contributed by atoms with E-state index in [1.54, 1.807) is 0 Å². The molecular weight excluding hydrogens is 348 g/mol. The van der Waals surface area contributed by atoms with Crippen LogP contribution in [0.25, 0.3) is 0 Å². The molecule has 1 aliphatic heterocycles. The predicted molar refractivity (Wildman–Crippen MR) is 114 cm³/mol. The fourth-order valence-corrected chi connectivity index (χ4v) is 4.32. The number of nitrogens with one attached hydrogen (secondary N) is 1. The smallest absolute Gasteiger partial charge is 0.119 e. The Morgan fingerprint density at radius 1 is 0.964 bits per heavy atom. The monoisotopic (exact) mass is 380 g/mol. The van der Waals surface area contributed by atoms with Gasteiger partial charge in [0, 0.05) is 31.4 Å². The van der Waals surface area contributed by atoms with Crippen LogP contribution in [0.3, 0.4) is 0 Å². The molecule has 2 aromatic rings. The number of anilines is 1. The molecule has 0 bridgehead atoms. The highest BCUT2D eigenvalue weighted by Crippen LogP contribution is 2.28. The van der Waals surface area contributed by atoms with Gasteiger partial charge in [-0.25, -0.2) is 0 Å². The van der Waals surface area contributed by atoms with Crippen molar-refractivity contribution >= 4 is 5.69 Å². The SMILES string of the molecule is OC1(CNC2CCCC2)CCN(c2ccc(OCc3ccccc3)cc2)CC1. The lowest BCUT2D eigenvalue weighted by molar-refractivity contribution is 0.0145. The molecule has 1 saturated heterocycles. The van der Waals surface area contributed by atoms with Crippen molar-refractivity contribution in [3.05, 3.63) is 60.2 Å². The van der Waals surface area contributed by atoms with Gasteiger partial charge in [0.15, 0.2) is 0 Å². The minimum atomic E-state index is -0.558. The maximum Gasteiger partial charge on any atom is 0.119 e. The topological polar surface area (TPSA) is 44.7 Å². The average Bonchev–Trinajstić information content (AvgIpc) is 3.27. The van der Waals surface area contributed by atoms with Gasteiger partial charge in [-0.2, -0.15) is 0 Å². The quantitative estimate of drug-likeness (QED) is 0.758. The van der Waals surface area contributed by atoms with Crippen LogP contribution in [0.1, 0.15) is 44.1 Å². The number of benzene rings is 2. The molecule has 4 rings (SSSR count). The van der Waals surface area contributed by atoms with Crippen molar-refractivity contribution in [2.75, 3.05) is 24.5 Å². The molecule has 4 heteroatoms. The molecule has 0 radical (unpaired) electrons. The van der Waals surface area contributed by atoms with Crippen LogP contribution in [0.2, 0.25) is 0 Å². The molecule has 0 amide bonds. The minimum absolute atomic E-state index is 0.558. The highest BCUT2D eigenvalue weighted by atomic mass is 16.5. The van der Waals surface area contributed by atoms with Gasteiger partial charge in [-0.1, -0.05) is 43.2 Å². The number of nitrogens with zero attached hydrogens (tertiary/aromatic N) is 1. The van der Waals surface area contributed by atoms with Crippen LogP contribution in [0.15, 0.2) is 54.6 Å². The van der Waals surface area contributed by atoms with E-state index >= 15 is 0 Å². The summed E-state index contributed by atoms with van der Waals surface area (Å²) in [5.41, 5.74) is 1.82. The molecule has 1 aliphatic carbocycles. The zero-order valence-corrected chi connectivity index (χ0v) is 16.6. The first-order chi connectivity index (χ1) is 13.7. The average molecular weight is 381 g/mol. The number of rotatable bonds is 7. The number of piperidine rings is 1. The summed E-state index contributed by atoms with van der Waals surface area (Å²) in [4.78, 5) is 2.37. The Balaban J connectivity index is 1.25. The molecule has 150 valence electrons. The van der Waals surface area contributed by atoms with E-state index in [9.17, 15) is 5.11 Å². The maximum absolute atomic E-state index is 10.9. The first-order valence-corrected chi connectivity index (χ1v) is 10.7. The fraction of sp³-hybridized carbons (Fsp3) is 0.500. The number of aliphatic hydroxyl groups is 1. The summed E-state index contributed by atoms with van der Waals surface area (Å²) >= 11 is 0. The van der Waals surface area contributed by atoms with E-state index in [1.165, 1.54) is 36.9 Å². The molecule has 2 fully saturated rings. The molecule has 28 heavy (non-hydrogen) atoms. The molecule has 2 N–H and O–H groups in total. The number of ether oxygens (including phenoxy) is 1. The Kier molecular flexibility index (Phi) is 6.18. The highest BCUT2D eigenvalue weighted by Gasteiger charge is 2.33. The highest BCUT2D eigenvalue weighted by molar-refractivity contribution is 5.49. The third kappa shape index (κ3) is 5.06. The van der Waals surface area contributed by atoms with Crippen LogP contribution in [-0.4, -0.2) is 36.4 Å². The Bertz CT molecular complexity index is 718. The first kappa shape index (κ1) is 19.3. The Hall–Kier alpha value is -2.04.